The first-order chi connectivity index (χ1) is 9.90. The van der Waals surface area contributed by atoms with E-state index in [0.717, 1.165) is 6.42 Å². The maximum absolute atomic E-state index is 12.2. The SMILES string of the molecule is CCCNC(=O)CCNS(=O)(=O)c1cc(Br)cnc1NN. The van der Waals surface area contributed by atoms with Gasteiger partial charge in [0.15, 0.2) is 5.82 Å². The molecule has 0 aliphatic carbocycles. The van der Waals surface area contributed by atoms with Crippen molar-refractivity contribution in [3.05, 3.63) is 16.7 Å². The third kappa shape index (κ3) is 5.58. The number of anilines is 1. The van der Waals surface area contributed by atoms with E-state index in [1.165, 1.54) is 12.3 Å². The van der Waals surface area contributed by atoms with Crippen LogP contribution in [0.1, 0.15) is 19.8 Å². The Morgan fingerprint density at radius 3 is 2.76 bits per heavy atom. The number of hydrogen-bond acceptors (Lipinski definition) is 6. The molecule has 1 aromatic rings. The van der Waals surface area contributed by atoms with Crippen LogP contribution in [0.3, 0.4) is 0 Å². The van der Waals surface area contributed by atoms with E-state index < -0.39 is 10.0 Å². The van der Waals surface area contributed by atoms with Gasteiger partial charge in [-0.1, -0.05) is 6.92 Å². The second kappa shape index (κ2) is 8.27. The number of aromatic nitrogens is 1. The lowest BCUT2D eigenvalue weighted by atomic mass is 10.4. The van der Waals surface area contributed by atoms with E-state index in [0.29, 0.717) is 11.0 Å². The number of sulfonamides is 1. The lowest BCUT2D eigenvalue weighted by Crippen LogP contribution is -2.31. The molecule has 8 nitrogen and oxygen atoms in total. The number of pyridine rings is 1. The fourth-order valence-electron chi connectivity index (χ4n) is 1.46. The topological polar surface area (TPSA) is 126 Å². The van der Waals surface area contributed by atoms with Crippen LogP contribution in [0.25, 0.3) is 0 Å². The number of rotatable bonds is 8. The Labute approximate surface area is 132 Å². The molecule has 1 amide bonds. The van der Waals surface area contributed by atoms with Gasteiger partial charge in [0, 0.05) is 30.2 Å². The normalized spacial score (nSPS) is 11.2. The number of nitrogen functional groups attached to an aromatic ring is 1. The number of nitrogens with zero attached hydrogens (tertiary/aromatic N) is 1. The zero-order valence-electron chi connectivity index (χ0n) is 11.5. The second-order valence-corrected chi connectivity index (χ2v) is 6.79. The van der Waals surface area contributed by atoms with Gasteiger partial charge in [0.2, 0.25) is 15.9 Å². The monoisotopic (exact) mass is 379 g/mol. The molecule has 10 heteroatoms. The number of hydrazine groups is 1. The van der Waals surface area contributed by atoms with E-state index in [4.69, 9.17) is 5.84 Å². The Morgan fingerprint density at radius 2 is 2.14 bits per heavy atom. The van der Waals surface area contributed by atoms with Crippen LogP contribution < -0.4 is 21.3 Å². The molecular weight excluding hydrogens is 362 g/mol. The summed E-state index contributed by atoms with van der Waals surface area (Å²) in [6.45, 7) is 2.50. The van der Waals surface area contributed by atoms with Crippen LogP contribution in [-0.4, -0.2) is 32.4 Å². The van der Waals surface area contributed by atoms with Gasteiger partial charge in [-0.15, -0.1) is 0 Å². The van der Waals surface area contributed by atoms with E-state index in [9.17, 15) is 13.2 Å². The molecule has 0 saturated heterocycles. The quantitative estimate of drug-likeness (QED) is 0.380. The standard InChI is InChI=1S/C11H18BrN5O3S/c1-2-4-14-10(18)3-5-16-21(19,20)9-6-8(12)7-15-11(9)17-13/h6-7,16H,2-5,13H2,1H3,(H,14,18)(H,15,17). The van der Waals surface area contributed by atoms with Gasteiger partial charge < -0.3 is 10.7 Å². The van der Waals surface area contributed by atoms with Gasteiger partial charge in [-0.05, 0) is 28.4 Å². The van der Waals surface area contributed by atoms with Crippen molar-refractivity contribution < 1.29 is 13.2 Å². The summed E-state index contributed by atoms with van der Waals surface area (Å²) in [6, 6.07) is 1.38. The van der Waals surface area contributed by atoms with Gasteiger partial charge in [0.25, 0.3) is 0 Å². The van der Waals surface area contributed by atoms with Gasteiger partial charge in [0.1, 0.15) is 4.90 Å². The molecule has 0 bridgehead atoms. The van der Waals surface area contributed by atoms with Gasteiger partial charge in [-0.3, -0.25) is 4.79 Å². The summed E-state index contributed by atoms with van der Waals surface area (Å²) >= 11 is 3.15. The van der Waals surface area contributed by atoms with E-state index in [2.05, 4.69) is 36.4 Å². The van der Waals surface area contributed by atoms with Crippen molar-refractivity contribution in [2.45, 2.75) is 24.7 Å². The van der Waals surface area contributed by atoms with Gasteiger partial charge in [-0.25, -0.2) is 24.0 Å². The van der Waals surface area contributed by atoms with Gasteiger partial charge in [0.05, 0.1) is 0 Å². The average molecular weight is 380 g/mol. The molecule has 1 aromatic heterocycles. The van der Waals surface area contributed by atoms with Gasteiger partial charge >= 0.3 is 0 Å². The maximum Gasteiger partial charge on any atom is 0.244 e. The molecule has 1 rings (SSSR count). The minimum Gasteiger partial charge on any atom is -0.356 e. The molecule has 0 aliphatic heterocycles. The summed E-state index contributed by atoms with van der Waals surface area (Å²) in [5.74, 6) is 5.07. The van der Waals surface area contributed by atoms with Crippen LogP contribution in [0.5, 0.6) is 0 Å². The summed E-state index contributed by atoms with van der Waals surface area (Å²) in [4.78, 5) is 15.2. The number of amides is 1. The van der Waals surface area contributed by atoms with Crippen LogP contribution in [-0.2, 0) is 14.8 Å². The third-order valence-electron chi connectivity index (χ3n) is 2.46. The Morgan fingerprint density at radius 1 is 1.43 bits per heavy atom. The Kier molecular flexibility index (Phi) is 7.02. The second-order valence-electron chi connectivity index (χ2n) is 4.14. The summed E-state index contributed by atoms with van der Waals surface area (Å²) in [5, 5.41) is 2.66. The molecule has 118 valence electrons. The highest BCUT2D eigenvalue weighted by molar-refractivity contribution is 9.10. The predicted molar refractivity (Wildman–Crippen MR) is 82.9 cm³/mol. The van der Waals surface area contributed by atoms with Crippen molar-refractivity contribution in [2.24, 2.45) is 5.84 Å². The molecule has 21 heavy (non-hydrogen) atoms. The van der Waals surface area contributed by atoms with Crippen molar-refractivity contribution >= 4 is 37.7 Å². The summed E-state index contributed by atoms with van der Waals surface area (Å²) in [6.07, 6.45) is 2.31. The van der Waals surface area contributed by atoms with Crippen LogP contribution in [0.15, 0.2) is 21.6 Å². The molecule has 0 radical (unpaired) electrons. The Balaban J connectivity index is 2.70. The number of carbonyl (C=O) groups excluding carboxylic acids is 1. The lowest BCUT2D eigenvalue weighted by Gasteiger charge is -2.10. The summed E-state index contributed by atoms with van der Waals surface area (Å²) < 4.78 is 27.2. The lowest BCUT2D eigenvalue weighted by molar-refractivity contribution is -0.120. The first kappa shape index (κ1) is 17.8. The number of halogens is 1. The molecule has 0 spiro atoms. The van der Waals surface area contributed by atoms with Crippen LogP contribution in [0, 0.1) is 0 Å². The van der Waals surface area contributed by atoms with Crippen molar-refractivity contribution in [3.63, 3.8) is 0 Å². The first-order valence-corrected chi connectivity index (χ1v) is 8.57. The van der Waals surface area contributed by atoms with Crippen molar-refractivity contribution in [3.8, 4) is 0 Å². The fraction of sp³-hybridized carbons (Fsp3) is 0.455. The van der Waals surface area contributed by atoms with E-state index in [-0.39, 0.29) is 29.6 Å². The molecule has 1 heterocycles. The molecule has 0 unspecified atom stereocenters. The number of hydrogen-bond donors (Lipinski definition) is 4. The fourth-order valence-corrected chi connectivity index (χ4v) is 3.12. The molecule has 0 fully saturated rings. The van der Waals surface area contributed by atoms with Crippen molar-refractivity contribution in [2.75, 3.05) is 18.5 Å². The minimum absolute atomic E-state index is 0.00555. The first-order valence-electron chi connectivity index (χ1n) is 6.29. The molecule has 0 atom stereocenters. The zero-order chi connectivity index (χ0) is 15.9. The van der Waals surface area contributed by atoms with Crippen molar-refractivity contribution in [1.82, 2.24) is 15.0 Å². The maximum atomic E-state index is 12.2. The van der Waals surface area contributed by atoms with Crippen LogP contribution >= 0.6 is 15.9 Å². The average Bonchev–Trinajstić information content (AvgIpc) is 2.44. The van der Waals surface area contributed by atoms with E-state index in [1.54, 1.807) is 0 Å². The van der Waals surface area contributed by atoms with Crippen LogP contribution in [0.4, 0.5) is 5.82 Å². The van der Waals surface area contributed by atoms with Gasteiger partial charge in [-0.2, -0.15) is 0 Å². The van der Waals surface area contributed by atoms with Crippen LogP contribution in [0.2, 0.25) is 0 Å². The highest BCUT2D eigenvalue weighted by Crippen LogP contribution is 2.21. The number of nitrogens with one attached hydrogen (secondary N) is 3. The highest BCUT2D eigenvalue weighted by Gasteiger charge is 2.20. The zero-order valence-corrected chi connectivity index (χ0v) is 13.9. The largest absolute Gasteiger partial charge is 0.356 e. The molecule has 0 aromatic carbocycles. The molecular formula is C11H18BrN5O3S. The summed E-state index contributed by atoms with van der Waals surface area (Å²) in [5.41, 5.74) is 2.23. The summed E-state index contributed by atoms with van der Waals surface area (Å²) in [7, 11) is -3.81. The smallest absolute Gasteiger partial charge is 0.244 e. The minimum atomic E-state index is -3.81. The molecule has 5 N–H and O–H groups in total. The van der Waals surface area contributed by atoms with E-state index in [1.807, 2.05) is 6.92 Å². The Bertz CT molecular complexity index is 594. The van der Waals surface area contributed by atoms with E-state index >= 15 is 0 Å². The molecule has 0 saturated carbocycles. The Hall–Kier alpha value is -1.23. The highest BCUT2D eigenvalue weighted by atomic mass is 79.9. The van der Waals surface area contributed by atoms with Crippen molar-refractivity contribution in [1.29, 1.82) is 0 Å². The third-order valence-corrected chi connectivity index (χ3v) is 4.37. The number of nitrogens with two attached hydrogens (primary N) is 1. The predicted octanol–water partition coefficient (Wildman–Crippen LogP) is 0.324. The number of carbonyl (C=O) groups is 1. The molecule has 0 aliphatic rings.